The van der Waals surface area contributed by atoms with Gasteiger partial charge in [0.05, 0.1) is 5.56 Å². The number of carbonyl (C=O) groups is 2. The summed E-state index contributed by atoms with van der Waals surface area (Å²) in [6.07, 6.45) is -1.28. The molecule has 0 atom stereocenters. The molecule has 2 heterocycles. The number of hydrogen-bond donors (Lipinski definition) is 2. The Morgan fingerprint density at radius 1 is 1.20 bits per heavy atom. The largest absolute Gasteiger partial charge is 0.465 e. The molecule has 1 aromatic carbocycles. The molecule has 12 heteroatoms. The quantitative estimate of drug-likeness (QED) is 0.419. The van der Waals surface area contributed by atoms with Gasteiger partial charge in [0.1, 0.15) is 12.6 Å². The first kappa shape index (κ1) is 24.7. The Balaban J connectivity index is 1.48. The minimum atomic E-state index is -4.43. The number of likely N-dealkylation sites (tertiary alicyclic amines) is 1. The number of anilines is 2. The third-order valence-electron chi connectivity index (χ3n) is 6.55. The highest BCUT2D eigenvalue weighted by Crippen LogP contribution is 2.36. The Kier molecular flexibility index (Phi) is 6.82. The van der Waals surface area contributed by atoms with Gasteiger partial charge in [-0.05, 0) is 43.4 Å². The lowest BCUT2D eigenvalue weighted by Crippen LogP contribution is -2.46. The van der Waals surface area contributed by atoms with Crippen molar-refractivity contribution in [3.05, 3.63) is 47.5 Å². The van der Waals surface area contributed by atoms with Gasteiger partial charge in [0.25, 0.3) is 0 Å². The number of alkyl halides is 3. The number of halogens is 4. The van der Waals surface area contributed by atoms with Crippen LogP contribution in [0.2, 0.25) is 0 Å². The van der Waals surface area contributed by atoms with Crippen LogP contribution in [0.3, 0.4) is 0 Å². The lowest BCUT2D eigenvalue weighted by atomic mass is 9.80. The molecule has 4 rings (SSSR count). The molecule has 1 saturated heterocycles. The van der Waals surface area contributed by atoms with Gasteiger partial charge in [-0.3, -0.25) is 0 Å². The number of rotatable bonds is 8. The molecule has 188 valence electrons. The Hall–Kier alpha value is -3.44. The van der Waals surface area contributed by atoms with Crippen LogP contribution < -0.4 is 10.2 Å². The Labute approximate surface area is 199 Å². The summed E-state index contributed by atoms with van der Waals surface area (Å²) < 4.78 is 54.0. The Morgan fingerprint density at radius 2 is 1.86 bits per heavy atom. The maximum absolute atomic E-state index is 15.4. The molecule has 2 N–H and O–H groups in total. The predicted molar refractivity (Wildman–Crippen MR) is 118 cm³/mol. The van der Waals surface area contributed by atoms with Crippen LogP contribution in [0, 0.1) is 11.2 Å². The lowest BCUT2D eigenvalue weighted by Gasteiger charge is -2.37. The summed E-state index contributed by atoms with van der Waals surface area (Å²) in [4.78, 5) is 34.0. The smallest absolute Gasteiger partial charge is 0.416 e. The number of aldehydes is 1. The van der Waals surface area contributed by atoms with Gasteiger partial charge in [-0.25, -0.2) is 14.8 Å². The van der Waals surface area contributed by atoms with Crippen LogP contribution in [0.4, 0.5) is 34.0 Å². The molecular formula is C23H25F4N5O3. The third-order valence-corrected chi connectivity index (χ3v) is 6.55. The van der Waals surface area contributed by atoms with Crippen molar-refractivity contribution in [1.82, 2.24) is 14.9 Å². The van der Waals surface area contributed by atoms with Gasteiger partial charge in [0, 0.05) is 37.6 Å². The molecule has 1 aliphatic heterocycles. The Morgan fingerprint density at radius 3 is 2.40 bits per heavy atom. The highest BCUT2D eigenvalue weighted by molar-refractivity contribution is 5.67. The predicted octanol–water partition coefficient (Wildman–Crippen LogP) is 4.17. The highest BCUT2D eigenvalue weighted by Gasteiger charge is 2.37. The molecule has 2 aliphatic rings. The second kappa shape index (κ2) is 9.67. The van der Waals surface area contributed by atoms with E-state index in [1.807, 2.05) is 0 Å². The number of benzene rings is 1. The molecule has 2 fully saturated rings. The van der Waals surface area contributed by atoms with Crippen LogP contribution in [-0.2, 0) is 17.5 Å². The molecule has 8 nitrogen and oxygen atoms in total. The number of carbonyl (C=O) groups excluding carboxylic acids is 1. The number of aromatic nitrogens is 2. The second-order valence-electron chi connectivity index (χ2n) is 9.02. The minimum absolute atomic E-state index is 0.0104. The summed E-state index contributed by atoms with van der Waals surface area (Å²) in [5.41, 5.74) is -1.01. The van der Waals surface area contributed by atoms with E-state index in [9.17, 15) is 22.8 Å². The summed E-state index contributed by atoms with van der Waals surface area (Å²) in [6, 6.07) is 4.74. The van der Waals surface area contributed by atoms with E-state index in [4.69, 9.17) is 5.11 Å². The van der Waals surface area contributed by atoms with Crippen molar-refractivity contribution in [3.8, 4) is 0 Å². The minimum Gasteiger partial charge on any atom is -0.465 e. The molecule has 1 amide bonds. The summed E-state index contributed by atoms with van der Waals surface area (Å²) in [7, 11) is 0. The fraction of sp³-hybridized carbons (Fsp3) is 0.478. The van der Waals surface area contributed by atoms with Crippen molar-refractivity contribution >= 4 is 24.0 Å². The number of hydrogen-bond acceptors (Lipinski definition) is 6. The summed E-state index contributed by atoms with van der Waals surface area (Å²) in [5, 5.41) is 12.0. The van der Waals surface area contributed by atoms with Gasteiger partial charge in [0.15, 0.2) is 11.6 Å². The maximum atomic E-state index is 15.4. The molecule has 1 aliphatic carbocycles. The van der Waals surface area contributed by atoms with Gasteiger partial charge in [0.2, 0.25) is 5.82 Å². The van der Waals surface area contributed by atoms with Gasteiger partial charge >= 0.3 is 12.3 Å². The average molecular weight is 495 g/mol. The van der Waals surface area contributed by atoms with Crippen molar-refractivity contribution < 1.29 is 32.3 Å². The maximum Gasteiger partial charge on any atom is 0.416 e. The van der Waals surface area contributed by atoms with Crippen LogP contribution in [0.25, 0.3) is 0 Å². The molecule has 0 radical (unpaired) electrons. The van der Waals surface area contributed by atoms with E-state index in [0.29, 0.717) is 18.4 Å². The number of nitrogens with one attached hydrogen (secondary N) is 1. The monoisotopic (exact) mass is 495 g/mol. The number of carboxylic acid groups (broad SMARTS) is 1. The van der Waals surface area contributed by atoms with E-state index in [1.54, 1.807) is 4.90 Å². The summed E-state index contributed by atoms with van der Waals surface area (Å²) in [5.74, 6) is -0.768. The van der Waals surface area contributed by atoms with Crippen LogP contribution in [0.1, 0.15) is 36.8 Å². The third kappa shape index (κ3) is 5.63. The molecule has 35 heavy (non-hydrogen) atoms. The zero-order chi connectivity index (χ0) is 25.2. The van der Waals surface area contributed by atoms with Crippen molar-refractivity contribution in [2.45, 2.75) is 44.4 Å². The van der Waals surface area contributed by atoms with Gasteiger partial charge in [-0.2, -0.15) is 17.6 Å². The first-order valence-corrected chi connectivity index (χ1v) is 11.2. The van der Waals surface area contributed by atoms with E-state index in [-0.39, 0.29) is 43.9 Å². The van der Waals surface area contributed by atoms with E-state index < -0.39 is 29.1 Å². The fourth-order valence-corrected chi connectivity index (χ4v) is 4.18. The van der Waals surface area contributed by atoms with Gasteiger partial charge < -0.3 is 25.0 Å². The highest BCUT2D eigenvalue weighted by atomic mass is 19.4. The number of piperidine rings is 1. The molecule has 2 aromatic rings. The second-order valence-corrected chi connectivity index (χ2v) is 9.02. The molecule has 1 saturated carbocycles. The van der Waals surface area contributed by atoms with E-state index in [0.717, 1.165) is 31.3 Å². The molecule has 0 bridgehead atoms. The molecule has 0 unspecified atom stereocenters. The van der Waals surface area contributed by atoms with Gasteiger partial charge in [-0.15, -0.1) is 0 Å². The summed E-state index contributed by atoms with van der Waals surface area (Å²) in [6.45, 7) is 0.671. The van der Waals surface area contributed by atoms with Crippen molar-refractivity contribution in [3.63, 3.8) is 0 Å². The number of amides is 1. The molecule has 1 aromatic heterocycles. The molecular weight excluding hydrogens is 470 g/mol. The van der Waals surface area contributed by atoms with Crippen molar-refractivity contribution in [2.24, 2.45) is 5.41 Å². The average Bonchev–Trinajstić information content (AvgIpc) is 3.67. The van der Waals surface area contributed by atoms with Gasteiger partial charge in [-0.1, -0.05) is 12.1 Å². The van der Waals surface area contributed by atoms with E-state index >= 15 is 4.39 Å². The van der Waals surface area contributed by atoms with Crippen LogP contribution in [-0.4, -0.2) is 58.0 Å². The topological polar surface area (TPSA) is 98.7 Å². The normalized spacial score (nSPS) is 17.7. The van der Waals surface area contributed by atoms with E-state index in [2.05, 4.69) is 15.3 Å². The van der Waals surface area contributed by atoms with Crippen LogP contribution >= 0.6 is 0 Å². The first-order chi connectivity index (χ1) is 16.6. The SMILES string of the molecule is O=CC1(CNc2ncnc(N(Cc3ccc(C(F)(F)F)cc3)C3CC3)c2F)CCN(C(=O)O)CC1. The summed E-state index contributed by atoms with van der Waals surface area (Å²) >= 11 is 0. The zero-order valence-electron chi connectivity index (χ0n) is 18.8. The van der Waals surface area contributed by atoms with E-state index in [1.165, 1.54) is 23.4 Å². The fourth-order valence-electron chi connectivity index (χ4n) is 4.18. The molecule has 0 spiro atoms. The van der Waals surface area contributed by atoms with Crippen LogP contribution in [0.5, 0.6) is 0 Å². The standard InChI is InChI=1S/C23H25F4N5O3/c24-18-19(28-12-22(13-33)7-9-31(10-8-22)21(34)35)29-14-30-20(18)32(17-5-6-17)11-15-1-3-16(4-2-15)23(25,26)27/h1-4,13-14,17H,5-12H2,(H,34,35)(H,28,29,30). The lowest BCUT2D eigenvalue weighted by molar-refractivity contribution is -0.137. The zero-order valence-corrected chi connectivity index (χ0v) is 18.8. The van der Waals surface area contributed by atoms with Crippen molar-refractivity contribution in [2.75, 3.05) is 29.9 Å². The first-order valence-electron chi connectivity index (χ1n) is 11.2. The number of nitrogens with zero attached hydrogens (tertiary/aromatic N) is 4. The van der Waals surface area contributed by atoms with Crippen LogP contribution in [0.15, 0.2) is 30.6 Å². The Bertz CT molecular complexity index is 1070. The van der Waals surface area contributed by atoms with Crippen molar-refractivity contribution in [1.29, 1.82) is 0 Å².